The first-order chi connectivity index (χ1) is 17.6. The second-order valence-corrected chi connectivity index (χ2v) is 11.2. The number of rotatable bonds is 4. The van der Waals surface area contributed by atoms with Crippen molar-refractivity contribution in [3.63, 3.8) is 0 Å². The zero-order valence-electron chi connectivity index (χ0n) is 21.7. The van der Waals surface area contributed by atoms with Crippen molar-refractivity contribution in [1.29, 1.82) is 0 Å². The maximum atomic E-state index is 13.4. The third-order valence-corrected chi connectivity index (χ3v) is 8.71. The van der Waals surface area contributed by atoms with Crippen molar-refractivity contribution in [3.05, 3.63) is 24.3 Å². The van der Waals surface area contributed by atoms with Gasteiger partial charge in [0.15, 0.2) is 29.7 Å². The molecule has 3 fully saturated rings. The van der Waals surface area contributed by atoms with Crippen LogP contribution in [0.3, 0.4) is 0 Å². The molecule has 4 aliphatic rings. The van der Waals surface area contributed by atoms with Gasteiger partial charge in [0.1, 0.15) is 6.10 Å². The van der Waals surface area contributed by atoms with Crippen molar-refractivity contribution in [3.8, 4) is 0 Å². The van der Waals surface area contributed by atoms with E-state index in [1.807, 2.05) is 0 Å². The molecule has 0 aromatic rings. The summed E-state index contributed by atoms with van der Waals surface area (Å²) >= 11 is 6.71. The zero-order valence-corrected chi connectivity index (χ0v) is 22.5. The highest BCUT2D eigenvalue weighted by Crippen LogP contribution is 2.59. The average molecular weight is 555 g/mol. The first kappa shape index (κ1) is 28.3. The summed E-state index contributed by atoms with van der Waals surface area (Å²) in [5.74, 6) is -6.65. The van der Waals surface area contributed by atoms with Gasteiger partial charge in [-0.3, -0.25) is 19.2 Å². The molecule has 0 spiro atoms. The summed E-state index contributed by atoms with van der Waals surface area (Å²) in [6, 6.07) is 0. The Balaban J connectivity index is 1.97. The Morgan fingerprint density at radius 1 is 1.18 bits per heavy atom. The van der Waals surface area contributed by atoms with Crippen LogP contribution in [0.4, 0.5) is 0 Å². The zero-order chi connectivity index (χ0) is 28.4. The number of epoxide rings is 1. The molecule has 0 aromatic heterocycles. The molecule has 0 unspecified atom stereocenters. The molecule has 10 atom stereocenters. The molecule has 4 rings (SSSR count). The molecular weight excluding hydrogens is 524 g/mol. The maximum absolute atomic E-state index is 13.4. The van der Waals surface area contributed by atoms with Crippen LogP contribution in [0, 0.1) is 17.3 Å². The summed E-state index contributed by atoms with van der Waals surface area (Å²) < 4.78 is 27.7. The lowest BCUT2D eigenvalue weighted by Crippen LogP contribution is -2.69. The van der Waals surface area contributed by atoms with Crippen molar-refractivity contribution >= 4 is 41.3 Å². The van der Waals surface area contributed by atoms with Gasteiger partial charge in [0, 0.05) is 19.3 Å². The first-order valence-corrected chi connectivity index (χ1v) is 12.7. The summed E-state index contributed by atoms with van der Waals surface area (Å²) in [5, 5.41) is 11.3. The average Bonchev–Trinajstić information content (AvgIpc) is 3.56. The molecule has 0 bridgehead atoms. The topological polar surface area (TPSA) is 155 Å². The van der Waals surface area contributed by atoms with Crippen molar-refractivity contribution in [1.82, 2.24) is 0 Å². The quantitative estimate of drug-likeness (QED) is 0.175. The summed E-state index contributed by atoms with van der Waals surface area (Å²) in [7, 11) is 0. The number of esters is 4. The third kappa shape index (κ3) is 4.34. The number of fused-ring (bicyclic) bond motifs is 4. The van der Waals surface area contributed by atoms with Gasteiger partial charge in [-0.1, -0.05) is 25.2 Å². The normalized spacial score (nSPS) is 43.7. The van der Waals surface area contributed by atoms with Crippen molar-refractivity contribution < 1.29 is 52.8 Å². The van der Waals surface area contributed by atoms with E-state index in [1.165, 1.54) is 19.9 Å². The Bertz CT molecular complexity index is 1130. The first-order valence-electron chi connectivity index (χ1n) is 12.2. The fourth-order valence-electron chi connectivity index (χ4n) is 6.23. The van der Waals surface area contributed by atoms with Gasteiger partial charge >= 0.3 is 23.9 Å². The maximum Gasteiger partial charge on any atom is 0.344 e. The van der Waals surface area contributed by atoms with Gasteiger partial charge in [0.25, 0.3) is 0 Å². The Hall–Kier alpha value is -2.76. The molecule has 2 aliphatic carbocycles. The number of ketones is 1. The highest BCUT2D eigenvalue weighted by atomic mass is 35.5. The molecule has 1 saturated carbocycles. The van der Waals surface area contributed by atoms with Crippen LogP contribution in [0.15, 0.2) is 24.3 Å². The smallest absolute Gasteiger partial charge is 0.344 e. The highest BCUT2D eigenvalue weighted by Gasteiger charge is 2.73. The van der Waals surface area contributed by atoms with Gasteiger partial charge in [0.2, 0.25) is 0 Å². The monoisotopic (exact) mass is 554 g/mol. The number of hydrogen-bond acceptors (Lipinski definition) is 11. The lowest BCUT2D eigenvalue weighted by atomic mass is 9.55. The van der Waals surface area contributed by atoms with E-state index < -0.39 is 94.5 Å². The van der Waals surface area contributed by atoms with E-state index in [0.717, 1.165) is 13.8 Å². The van der Waals surface area contributed by atoms with Crippen LogP contribution in [0.1, 0.15) is 41.0 Å². The van der Waals surface area contributed by atoms with E-state index in [2.05, 4.69) is 6.58 Å². The van der Waals surface area contributed by atoms with E-state index in [4.69, 9.17) is 35.3 Å². The molecule has 0 radical (unpaired) electrons. The van der Waals surface area contributed by atoms with Gasteiger partial charge in [-0.05, 0) is 26.3 Å². The Morgan fingerprint density at radius 2 is 1.84 bits per heavy atom. The van der Waals surface area contributed by atoms with Gasteiger partial charge in [0.05, 0.1) is 29.4 Å². The molecular formula is C26H31ClO11. The number of hydrogen-bond donors (Lipinski definition) is 1. The fourth-order valence-corrected chi connectivity index (χ4v) is 6.57. The van der Waals surface area contributed by atoms with Crippen LogP contribution >= 0.6 is 11.6 Å². The van der Waals surface area contributed by atoms with Crippen LogP contribution in [-0.2, 0) is 47.7 Å². The Kier molecular flexibility index (Phi) is 7.03. The molecule has 11 nitrogen and oxygen atoms in total. The number of halogens is 1. The van der Waals surface area contributed by atoms with E-state index in [1.54, 1.807) is 13.0 Å². The predicted molar refractivity (Wildman–Crippen MR) is 128 cm³/mol. The fraction of sp³-hybridized carbons (Fsp3) is 0.654. The second-order valence-electron chi connectivity index (χ2n) is 10.8. The van der Waals surface area contributed by atoms with Crippen LogP contribution in [-0.4, -0.2) is 82.4 Å². The Morgan fingerprint density at radius 3 is 2.45 bits per heavy atom. The van der Waals surface area contributed by atoms with Crippen molar-refractivity contribution in [2.45, 2.75) is 82.0 Å². The number of alkyl halides is 1. The van der Waals surface area contributed by atoms with Crippen LogP contribution in [0.25, 0.3) is 0 Å². The number of carbonyl (C=O) groups excluding carboxylic acids is 5. The summed E-state index contributed by atoms with van der Waals surface area (Å²) in [6.45, 7) is 9.87. The van der Waals surface area contributed by atoms with Crippen LogP contribution < -0.4 is 0 Å². The molecule has 2 aliphatic heterocycles. The van der Waals surface area contributed by atoms with E-state index in [0.29, 0.717) is 5.57 Å². The summed E-state index contributed by atoms with van der Waals surface area (Å²) in [4.78, 5) is 62.9. The molecule has 12 heteroatoms. The highest BCUT2D eigenvalue weighted by molar-refractivity contribution is 6.23. The van der Waals surface area contributed by atoms with Gasteiger partial charge in [-0.2, -0.15) is 0 Å². The lowest BCUT2D eigenvalue weighted by molar-refractivity contribution is -0.227. The number of aliphatic hydroxyl groups is 1. The number of ether oxygens (including phenoxy) is 5. The molecule has 38 heavy (non-hydrogen) atoms. The summed E-state index contributed by atoms with van der Waals surface area (Å²) in [5.41, 5.74) is -5.03. The predicted octanol–water partition coefficient (Wildman–Crippen LogP) is 1.17. The van der Waals surface area contributed by atoms with Gasteiger partial charge < -0.3 is 28.8 Å². The minimum absolute atomic E-state index is 0.266. The molecule has 1 N–H and O–H groups in total. The largest absolute Gasteiger partial charge is 0.457 e. The van der Waals surface area contributed by atoms with Crippen LogP contribution in [0.5, 0.6) is 0 Å². The third-order valence-electron chi connectivity index (χ3n) is 8.17. The van der Waals surface area contributed by atoms with Gasteiger partial charge in [-0.25, -0.2) is 4.79 Å². The standard InChI is InChI=1S/C26H31ClO11/c1-11-9-15-20(35-15)24(5)8-7-16(30)25(6,38-14(4)29)19(24)22(36-17(31)10-34-13(3)28)26(33)12(2)23(32)37-21(26)18(11)27/h7-8,12,15,18-22,33H,1,9-10H2,2-6H3/t12-,15+,18-,19+,20-,21-,22-,24-,25+,26-/m0/s1. The summed E-state index contributed by atoms with van der Waals surface area (Å²) in [6.07, 6.45) is -1.05. The minimum Gasteiger partial charge on any atom is -0.457 e. The molecule has 2 heterocycles. The molecule has 0 amide bonds. The van der Waals surface area contributed by atoms with Crippen molar-refractivity contribution in [2.75, 3.05) is 6.61 Å². The van der Waals surface area contributed by atoms with E-state index in [9.17, 15) is 29.1 Å². The van der Waals surface area contributed by atoms with Crippen LogP contribution in [0.2, 0.25) is 0 Å². The van der Waals surface area contributed by atoms with Gasteiger partial charge in [-0.15, -0.1) is 11.6 Å². The molecule has 2 saturated heterocycles. The van der Waals surface area contributed by atoms with E-state index >= 15 is 0 Å². The Labute approximate surface area is 224 Å². The SMILES string of the molecule is C=C1C[C@H]2O[C@@H]2[C@@]2(C)C=CC(=O)[C@@](C)(OC(C)=O)[C@@H]2[C@H](OC(=O)COC(C)=O)[C@]2(O)[C@@H](C)C(=O)O[C@H]2[C@H]1Cl. The minimum atomic E-state index is -2.32. The van der Waals surface area contributed by atoms with E-state index in [-0.39, 0.29) is 6.42 Å². The molecule has 208 valence electrons. The lowest BCUT2D eigenvalue weighted by Gasteiger charge is -2.53. The second kappa shape index (κ2) is 9.46. The van der Waals surface area contributed by atoms with Crippen molar-refractivity contribution in [2.24, 2.45) is 17.3 Å². The number of carbonyl (C=O) groups is 5. The molecule has 0 aromatic carbocycles.